The fourth-order valence-corrected chi connectivity index (χ4v) is 3.77. The fourth-order valence-electron chi connectivity index (χ4n) is 3.36. The van der Waals surface area contributed by atoms with Gasteiger partial charge >= 0.3 is 0 Å². The Kier molecular flexibility index (Phi) is 5.85. The van der Waals surface area contributed by atoms with Crippen molar-refractivity contribution in [2.45, 2.75) is 20.1 Å². The third-order valence-corrected chi connectivity index (χ3v) is 5.47. The maximum Gasteiger partial charge on any atom is 0.204 e. The predicted octanol–water partition coefficient (Wildman–Crippen LogP) is 4.86. The summed E-state index contributed by atoms with van der Waals surface area (Å²) in [4.78, 5) is 2.16. The van der Waals surface area contributed by atoms with E-state index in [4.69, 9.17) is 28.9 Å². The van der Waals surface area contributed by atoms with Gasteiger partial charge in [0.2, 0.25) is 4.77 Å². The van der Waals surface area contributed by atoms with Gasteiger partial charge in [0.05, 0.1) is 12.9 Å². The van der Waals surface area contributed by atoms with Crippen LogP contribution in [-0.2, 0) is 20.3 Å². The standard InChI is InChI=1S/C22H23ClN6S/c1-16-4-10-20(11-5-16)29-21(18-6-8-19(23)9-7-18)25-28(22(29)30)15-26(2)13-17-12-24-27(3)14-17/h4-12,14H,13,15H2,1-3H3. The van der Waals surface area contributed by atoms with Crippen molar-refractivity contribution in [3.05, 3.63) is 81.8 Å². The molecule has 4 aromatic rings. The molecule has 0 aliphatic rings. The number of nitrogens with zero attached hydrogens (tertiary/aromatic N) is 6. The van der Waals surface area contributed by atoms with Crippen molar-refractivity contribution < 1.29 is 0 Å². The molecule has 154 valence electrons. The van der Waals surface area contributed by atoms with Gasteiger partial charge in [-0.3, -0.25) is 14.1 Å². The third kappa shape index (κ3) is 4.38. The lowest BCUT2D eigenvalue weighted by Crippen LogP contribution is -2.22. The van der Waals surface area contributed by atoms with Crippen LogP contribution in [0.25, 0.3) is 17.1 Å². The second-order valence-electron chi connectivity index (χ2n) is 7.46. The highest BCUT2D eigenvalue weighted by atomic mass is 35.5. The number of benzene rings is 2. The van der Waals surface area contributed by atoms with E-state index >= 15 is 0 Å². The lowest BCUT2D eigenvalue weighted by molar-refractivity contribution is 0.244. The molecular formula is C22H23ClN6S. The molecule has 2 heterocycles. The molecule has 0 atom stereocenters. The van der Waals surface area contributed by atoms with Gasteiger partial charge in [-0.2, -0.15) is 5.10 Å². The van der Waals surface area contributed by atoms with Crippen LogP contribution in [0.2, 0.25) is 5.02 Å². The molecule has 2 aromatic heterocycles. The number of halogens is 1. The number of aromatic nitrogens is 5. The number of rotatable bonds is 6. The van der Waals surface area contributed by atoms with Crippen molar-refractivity contribution >= 4 is 23.8 Å². The van der Waals surface area contributed by atoms with Crippen LogP contribution in [0.4, 0.5) is 0 Å². The fraction of sp³-hybridized carbons (Fsp3) is 0.227. The first-order valence-corrected chi connectivity index (χ1v) is 10.4. The molecule has 0 amide bonds. The molecular weight excluding hydrogens is 416 g/mol. The van der Waals surface area contributed by atoms with E-state index in [9.17, 15) is 0 Å². The lowest BCUT2D eigenvalue weighted by atomic mass is 10.2. The number of hydrogen-bond donors (Lipinski definition) is 0. The summed E-state index contributed by atoms with van der Waals surface area (Å²) in [5.74, 6) is 0.787. The second-order valence-corrected chi connectivity index (χ2v) is 8.26. The van der Waals surface area contributed by atoms with Crippen molar-refractivity contribution in [3.63, 3.8) is 0 Å². The zero-order valence-corrected chi connectivity index (χ0v) is 18.7. The van der Waals surface area contributed by atoms with Gasteiger partial charge in [-0.25, -0.2) is 4.68 Å². The van der Waals surface area contributed by atoms with Crippen LogP contribution in [0.1, 0.15) is 11.1 Å². The largest absolute Gasteiger partial charge is 0.283 e. The van der Waals surface area contributed by atoms with Crippen molar-refractivity contribution in [1.29, 1.82) is 0 Å². The maximum absolute atomic E-state index is 6.09. The molecule has 0 unspecified atom stereocenters. The highest BCUT2D eigenvalue weighted by Gasteiger charge is 2.16. The summed E-state index contributed by atoms with van der Waals surface area (Å²) in [5.41, 5.74) is 4.28. The van der Waals surface area contributed by atoms with E-state index in [0.29, 0.717) is 16.5 Å². The third-order valence-electron chi connectivity index (χ3n) is 4.82. The summed E-state index contributed by atoms with van der Waals surface area (Å²) in [6.07, 6.45) is 3.89. The van der Waals surface area contributed by atoms with Gasteiger partial charge in [0.1, 0.15) is 0 Å². The van der Waals surface area contributed by atoms with Crippen molar-refractivity contribution in [2.75, 3.05) is 7.05 Å². The van der Waals surface area contributed by atoms with Crippen molar-refractivity contribution in [3.8, 4) is 17.1 Å². The molecule has 0 radical (unpaired) electrons. The molecule has 4 rings (SSSR count). The van der Waals surface area contributed by atoms with Crippen molar-refractivity contribution in [2.24, 2.45) is 7.05 Å². The Bertz CT molecular complexity index is 1200. The molecule has 0 N–H and O–H groups in total. The van der Waals surface area contributed by atoms with Crippen LogP contribution >= 0.6 is 23.8 Å². The second kappa shape index (κ2) is 8.55. The summed E-state index contributed by atoms with van der Waals surface area (Å²) >= 11 is 11.9. The van der Waals surface area contributed by atoms with Gasteiger partial charge in [-0.15, -0.1) is 5.10 Å². The van der Waals surface area contributed by atoms with Crippen LogP contribution < -0.4 is 0 Å². The van der Waals surface area contributed by atoms with Crippen molar-refractivity contribution in [1.82, 2.24) is 29.0 Å². The Balaban J connectivity index is 1.72. The summed E-state index contributed by atoms with van der Waals surface area (Å²) in [6, 6.07) is 16.0. The summed E-state index contributed by atoms with van der Waals surface area (Å²) in [5, 5.41) is 9.79. The predicted molar refractivity (Wildman–Crippen MR) is 122 cm³/mol. The van der Waals surface area contributed by atoms with E-state index in [0.717, 1.165) is 29.2 Å². The molecule has 30 heavy (non-hydrogen) atoms. The Labute approximate surface area is 185 Å². The Morgan fingerprint density at radius 3 is 2.40 bits per heavy atom. The van der Waals surface area contributed by atoms with Gasteiger partial charge in [0, 0.05) is 41.6 Å². The normalized spacial score (nSPS) is 11.4. The summed E-state index contributed by atoms with van der Waals surface area (Å²) in [7, 11) is 3.96. The highest BCUT2D eigenvalue weighted by molar-refractivity contribution is 7.71. The van der Waals surface area contributed by atoms with E-state index < -0.39 is 0 Å². The molecule has 0 saturated heterocycles. The van der Waals surface area contributed by atoms with Gasteiger partial charge in [-0.05, 0) is 62.6 Å². The van der Waals surface area contributed by atoms with Gasteiger partial charge < -0.3 is 0 Å². The average molecular weight is 439 g/mol. The molecule has 0 spiro atoms. The molecule has 0 aliphatic heterocycles. The van der Waals surface area contributed by atoms with E-state index in [-0.39, 0.29) is 0 Å². The Hall–Kier alpha value is -2.74. The molecule has 8 heteroatoms. The topological polar surface area (TPSA) is 43.8 Å². The van der Waals surface area contributed by atoms with Crippen LogP contribution in [0.15, 0.2) is 60.9 Å². The van der Waals surface area contributed by atoms with Crippen LogP contribution in [0.3, 0.4) is 0 Å². The molecule has 0 aliphatic carbocycles. The first kappa shape index (κ1) is 20.5. The summed E-state index contributed by atoms with van der Waals surface area (Å²) in [6.45, 7) is 3.39. The Morgan fingerprint density at radius 2 is 1.77 bits per heavy atom. The molecule has 0 fully saturated rings. The molecule has 0 bridgehead atoms. The zero-order chi connectivity index (χ0) is 21.3. The quantitative estimate of drug-likeness (QED) is 0.403. The molecule has 6 nitrogen and oxygen atoms in total. The van der Waals surface area contributed by atoms with E-state index in [1.54, 1.807) is 4.68 Å². The summed E-state index contributed by atoms with van der Waals surface area (Å²) < 4.78 is 6.31. The first-order valence-electron chi connectivity index (χ1n) is 9.59. The van der Waals surface area contributed by atoms with Gasteiger partial charge in [0.15, 0.2) is 5.82 Å². The SMILES string of the molecule is Cc1ccc(-n2c(-c3ccc(Cl)cc3)nn(CN(C)Cc3cnn(C)c3)c2=S)cc1. The van der Waals surface area contributed by atoms with Gasteiger partial charge in [0.25, 0.3) is 0 Å². The lowest BCUT2D eigenvalue weighted by Gasteiger charge is -2.15. The molecule has 2 aromatic carbocycles. The Morgan fingerprint density at radius 1 is 1.07 bits per heavy atom. The average Bonchev–Trinajstić information content (AvgIpc) is 3.26. The maximum atomic E-state index is 6.09. The van der Waals surface area contributed by atoms with Crippen LogP contribution in [0.5, 0.6) is 0 Å². The van der Waals surface area contributed by atoms with Crippen LogP contribution in [0, 0.1) is 11.7 Å². The first-order chi connectivity index (χ1) is 14.4. The minimum Gasteiger partial charge on any atom is -0.283 e. The van der Waals surface area contributed by atoms with Crippen LogP contribution in [-0.4, -0.2) is 36.1 Å². The number of aryl methyl sites for hydroxylation is 2. The zero-order valence-electron chi connectivity index (χ0n) is 17.2. The number of hydrogen-bond acceptors (Lipinski definition) is 4. The van der Waals surface area contributed by atoms with E-state index in [1.807, 2.05) is 60.0 Å². The smallest absolute Gasteiger partial charge is 0.204 e. The molecule has 0 saturated carbocycles. The van der Waals surface area contributed by atoms with E-state index in [1.165, 1.54) is 5.56 Å². The van der Waals surface area contributed by atoms with Gasteiger partial charge in [-0.1, -0.05) is 29.3 Å². The minimum atomic E-state index is 0.563. The van der Waals surface area contributed by atoms with E-state index in [2.05, 4.69) is 41.2 Å². The minimum absolute atomic E-state index is 0.563. The highest BCUT2D eigenvalue weighted by Crippen LogP contribution is 2.24. The monoisotopic (exact) mass is 438 g/mol.